The van der Waals surface area contributed by atoms with Crippen molar-refractivity contribution in [2.75, 3.05) is 57.8 Å². The van der Waals surface area contributed by atoms with Gasteiger partial charge in [0.1, 0.15) is 17.5 Å². The summed E-state index contributed by atoms with van der Waals surface area (Å²) in [7, 11) is 2.21. The molecule has 3 fully saturated rings. The molecule has 1 atom stereocenters. The minimum absolute atomic E-state index is 0.403. The lowest BCUT2D eigenvalue weighted by atomic mass is 9.78. The maximum Gasteiger partial charge on any atom is 0.293 e. The van der Waals surface area contributed by atoms with E-state index in [-0.39, 0.29) is 0 Å². The van der Waals surface area contributed by atoms with Crippen LogP contribution in [0.25, 0.3) is 11.3 Å². The molecule has 5 rings (SSSR count). The van der Waals surface area contributed by atoms with E-state index in [2.05, 4.69) is 36.5 Å². The number of hydrogen-bond acceptors (Lipinski definition) is 7. The van der Waals surface area contributed by atoms with Crippen molar-refractivity contribution in [2.45, 2.75) is 32.2 Å². The molecule has 7 nitrogen and oxygen atoms in total. The number of pyridine rings is 2. The maximum atomic E-state index is 13.9. The minimum atomic E-state index is -0.407. The average Bonchev–Trinajstić information content (AvgIpc) is 3.26. The molecular weight excluding hydrogens is 440 g/mol. The lowest BCUT2D eigenvalue weighted by Gasteiger charge is -2.47. The highest BCUT2D eigenvalue weighted by Crippen LogP contribution is 2.46. The third-order valence-electron chi connectivity index (χ3n) is 7.09. The SMILES string of the molecule is CCOC=O.CN1CC2(CCC(N3CCN(c4ncc(F)cc4-c4ccc(F)cn4)CC3)C2)C1. The largest absolute Gasteiger partial charge is 0.468 e. The molecule has 0 aromatic carbocycles. The van der Waals surface area contributed by atoms with Crippen molar-refractivity contribution in [1.82, 2.24) is 19.8 Å². The number of anilines is 1. The molecule has 2 aromatic heterocycles. The molecule has 1 aliphatic carbocycles. The number of aromatic nitrogens is 2. The fraction of sp³-hybridized carbons (Fsp3) is 0.560. The third-order valence-corrected chi connectivity index (χ3v) is 7.09. The van der Waals surface area contributed by atoms with E-state index in [9.17, 15) is 13.6 Å². The zero-order valence-electron chi connectivity index (χ0n) is 19.9. The van der Waals surface area contributed by atoms with E-state index < -0.39 is 11.6 Å². The number of carbonyl (C=O) groups is 1. The molecule has 0 radical (unpaired) electrons. The summed E-state index contributed by atoms with van der Waals surface area (Å²) in [6.07, 6.45) is 6.38. The van der Waals surface area contributed by atoms with Gasteiger partial charge in [-0.3, -0.25) is 14.7 Å². The highest BCUT2D eigenvalue weighted by atomic mass is 19.1. The van der Waals surface area contributed by atoms with E-state index in [0.29, 0.717) is 35.8 Å². The molecule has 1 spiro atoms. The Morgan fingerprint density at radius 2 is 1.85 bits per heavy atom. The van der Waals surface area contributed by atoms with Gasteiger partial charge in [0.2, 0.25) is 0 Å². The van der Waals surface area contributed by atoms with Crippen molar-refractivity contribution in [2.24, 2.45) is 5.41 Å². The van der Waals surface area contributed by atoms with Crippen LogP contribution in [-0.4, -0.2) is 85.2 Å². The molecule has 1 unspecified atom stereocenters. The van der Waals surface area contributed by atoms with Gasteiger partial charge in [-0.1, -0.05) is 0 Å². The van der Waals surface area contributed by atoms with E-state index >= 15 is 0 Å². The smallest absolute Gasteiger partial charge is 0.293 e. The topological polar surface area (TPSA) is 61.8 Å². The van der Waals surface area contributed by atoms with Crippen LogP contribution in [0, 0.1) is 17.0 Å². The molecule has 1 saturated carbocycles. The number of carbonyl (C=O) groups excluding carboxylic acids is 1. The van der Waals surface area contributed by atoms with Crippen molar-refractivity contribution in [3.63, 3.8) is 0 Å². The summed E-state index contributed by atoms with van der Waals surface area (Å²) in [6.45, 7) is 8.86. The Hall–Kier alpha value is -2.65. The summed E-state index contributed by atoms with van der Waals surface area (Å²) >= 11 is 0. The predicted octanol–water partition coefficient (Wildman–Crippen LogP) is 3.21. The van der Waals surface area contributed by atoms with E-state index in [1.165, 1.54) is 50.7 Å². The summed E-state index contributed by atoms with van der Waals surface area (Å²) in [4.78, 5) is 24.9. The fourth-order valence-corrected chi connectivity index (χ4v) is 5.65. The first-order chi connectivity index (χ1) is 16.4. The second-order valence-electron chi connectivity index (χ2n) is 9.53. The number of likely N-dealkylation sites (tertiary alicyclic amines) is 1. The lowest BCUT2D eigenvalue weighted by molar-refractivity contribution is -0.128. The number of nitrogens with zero attached hydrogens (tertiary/aromatic N) is 5. The zero-order chi connectivity index (χ0) is 24.1. The van der Waals surface area contributed by atoms with Crippen molar-refractivity contribution in [1.29, 1.82) is 0 Å². The van der Waals surface area contributed by atoms with Crippen LogP contribution in [0.3, 0.4) is 0 Å². The second-order valence-corrected chi connectivity index (χ2v) is 9.53. The molecule has 2 aliphatic heterocycles. The highest BCUT2D eigenvalue weighted by Gasteiger charge is 2.48. The van der Waals surface area contributed by atoms with Crippen LogP contribution in [0.15, 0.2) is 30.6 Å². The molecule has 0 amide bonds. The molecule has 2 saturated heterocycles. The van der Waals surface area contributed by atoms with Crippen LogP contribution < -0.4 is 4.90 Å². The summed E-state index contributed by atoms with van der Waals surface area (Å²) in [5.74, 6) is -0.0795. The quantitative estimate of drug-likeness (QED) is 0.618. The second kappa shape index (κ2) is 10.7. The Bertz CT molecular complexity index is 960. The first kappa shape index (κ1) is 24.5. The van der Waals surface area contributed by atoms with Crippen molar-refractivity contribution in [3.05, 3.63) is 42.2 Å². The van der Waals surface area contributed by atoms with Gasteiger partial charge in [0.25, 0.3) is 6.47 Å². The molecule has 9 heteroatoms. The first-order valence-electron chi connectivity index (χ1n) is 11.9. The Kier molecular flexibility index (Phi) is 7.73. The standard InChI is InChI=1S/C22H27F2N5.C3H6O2/c1-27-14-22(15-27)5-4-18(11-22)28-6-8-29(9-7-28)21-19(10-17(24)13-26-21)20-3-2-16(23)12-25-20;1-2-5-3-4/h2-3,10,12-13,18H,4-9,11,14-15H2,1H3;3H,2H2,1H3. The van der Waals surface area contributed by atoms with Crippen LogP contribution in [0.2, 0.25) is 0 Å². The maximum absolute atomic E-state index is 13.9. The zero-order valence-corrected chi connectivity index (χ0v) is 19.9. The van der Waals surface area contributed by atoms with Crippen LogP contribution >= 0.6 is 0 Å². The van der Waals surface area contributed by atoms with Crippen LogP contribution in [0.5, 0.6) is 0 Å². The van der Waals surface area contributed by atoms with Crippen LogP contribution in [0.4, 0.5) is 14.6 Å². The van der Waals surface area contributed by atoms with E-state index in [4.69, 9.17) is 0 Å². The number of hydrogen-bond donors (Lipinski definition) is 0. The Balaban J connectivity index is 0.000000499. The van der Waals surface area contributed by atoms with Gasteiger partial charge in [0.05, 0.1) is 24.7 Å². The van der Waals surface area contributed by atoms with Gasteiger partial charge >= 0.3 is 0 Å². The monoisotopic (exact) mass is 473 g/mol. The molecule has 34 heavy (non-hydrogen) atoms. The van der Waals surface area contributed by atoms with Gasteiger partial charge in [-0.25, -0.2) is 13.8 Å². The molecular formula is C25H33F2N5O2. The van der Waals surface area contributed by atoms with Crippen molar-refractivity contribution < 1.29 is 18.3 Å². The van der Waals surface area contributed by atoms with Gasteiger partial charge in [-0.15, -0.1) is 0 Å². The molecule has 2 aromatic rings. The van der Waals surface area contributed by atoms with E-state index in [0.717, 1.165) is 38.2 Å². The normalized spacial score (nSPS) is 22.1. The van der Waals surface area contributed by atoms with Gasteiger partial charge in [0.15, 0.2) is 0 Å². The Morgan fingerprint density at radius 1 is 1.12 bits per heavy atom. The molecule has 184 valence electrons. The fourth-order valence-electron chi connectivity index (χ4n) is 5.65. The number of piperazine rings is 1. The lowest BCUT2D eigenvalue weighted by Crippen LogP contribution is -2.54. The number of rotatable bonds is 5. The Morgan fingerprint density at radius 3 is 2.44 bits per heavy atom. The summed E-state index contributed by atoms with van der Waals surface area (Å²) in [5, 5.41) is 0. The van der Waals surface area contributed by atoms with Crippen LogP contribution in [0.1, 0.15) is 26.2 Å². The summed E-state index contributed by atoms with van der Waals surface area (Å²) < 4.78 is 31.3. The average molecular weight is 474 g/mol. The van der Waals surface area contributed by atoms with Crippen molar-refractivity contribution >= 4 is 12.3 Å². The van der Waals surface area contributed by atoms with E-state index in [1.54, 1.807) is 13.0 Å². The summed E-state index contributed by atoms with van der Waals surface area (Å²) in [5.41, 5.74) is 1.73. The van der Waals surface area contributed by atoms with Crippen molar-refractivity contribution in [3.8, 4) is 11.3 Å². The minimum Gasteiger partial charge on any atom is -0.468 e. The molecule has 4 heterocycles. The number of ether oxygens (including phenoxy) is 1. The van der Waals surface area contributed by atoms with Crippen LogP contribution in [-0.2, 0) is 9.53 Å². The summed E-state index contributed by atoms with van der Waals surface area (Å²) in [6, 6.07) is 5.07. The predicted molar refractivity (Wildman–Crippen MR) is 126 cm³/mol. The van der Waals surface area contributed by atoms with Gasteiger partial charge in [-0.05, 0) is 56.8 Å². The Labute approximate surface area is 199 Å². The van der Waals surface area contributed by atoms with Gasteiger partial charge in [0, 0.05) is 50.9 Å². The molecule has 3 aliphatic rings. The number of halogens is 2. The van der Waals surface area contributed by atoms with Gasteiger partial charge < -0.3 is 14.5 Å². The highest BCUT2D eigenvalue weighted by molar-refractivity contribution is 5.73. The first-order valence-corrected chi connectivity index (χ1v) is 11.9. The molecule has 0 N–H and O–H groups in total. The molecule has 0 bridgehead atoms. The van der Waals surface area contributed by atoms with Gasteiger partial charge in [-0.2, -0.15) is 0 Å². The van der Waals surface area contributed by atoms with E-state index in [1.807, 2.05) is 0 Å². The third kappa shape index (κ3) is 5.52.